The first-order chi connectivity index (χ1) is 55.0. The zero-order valence-corrected chi connectivity index (χ0v) is 62.5. The average molecular weight is 1430 g/mol. The number of hydrogen-bond acceptors (Lipinski definition) is 2. The molecule has 24 rings (SSSR count). The van der Waals surface area contributed by atoms with Gasteiger partial charge in [0, 0.05) is 32.4 Å². The minimum Gasteiger partial charge on any atom is -0.456 e. The molecular weight excluding hydrogens is 1350 g/mol. The molecule has 20 aromatic carbocycles. The molecule has 0 atom stereocenters. The van der Waals surface area contributed by atoms with Crippen molar-refractivity contribution in [2.24, 2.45) is 0 Å². The van der Waals surface area contributed by atoms with E-state index < -0.39 is 0 Å². The van der Waals surface area contributed by atoms with E-state index in [4.69, 9.17) is 8.83 Å². The van der Waals surface area contributed by atoms with Crippen LogP contribution in [0.5, 0.6) is 0 Å². The van der Waals surface area contributed by atoms with Crippen LogP contribution in [0.4, 0.5) is 0 Å². The van der Waals surface area contributed by atoms with Crippen molar-refractivity contribution in [2.45, 2.75) is 38.5 Å². The molecule has 2 aliphatic rings. The lowest BCUT2D eigenvalue weighted by Gasteiger charge is -2.24. The predicted molar refractivity (Wildman–Crippen MR) is 475 cm³/mol. The first-order valence-electron chi connectivity index (χ1n) is 39.2. The summed E-state index contributed by atoms with van der Waals surface area (Å²) < 4.78 is 13.1. The van der Waals surface area contributed by atoms with Crippen molar-refractivity contribution in [2.75, 3.05) is 0 Å². The summed E-state index contributed by atoms with van der Waals surface area (Å²) in [6.45, 7) is 9.51. The van der Waals surface area contributed by atoms with E-state index in [0.717, 1.165) is 49.8 Å². The Hall–Kier alpha value is -13.9. The number of benzene rings is 20. The third-order valence-electron chi connectivity index (χ3n) is 25.3. The molecule has 0 spiro atoms. The van der Waals surface area contributed by atoms with Crippen LogP contribution in [0.3, 0.4) is 0 Å². The number of hydrogen-bond donors (Lipinski definition) is 0. The largest absolute Gasteiger partial charge is 0.456 e. The molecule has 22 aromatic rings. The summed E-state index contributed by atoms with van der Waals surface area (Å²) in [4.78, 5) is 0. The van der Waals surface area contributed by atoms with Crippen LogP contribution in [0.25, 0.3) is 219 Å². The van der Waals surface area contributed by atoms with Crippen molar-refractivity contribution < 1.29 is 8.83 Å². The predicted octanol–water partition coefficient (Wildman–Crippen LogP) is 31.0. The van der Waals surface area contributed by atoms with Crippen molar-refractivity contribution in [3.05, 3.63) is 386 Å². The monoisotopic (exact) mass is 1420 g/mol. The van der Waals surface area contributed by atoms with E-state index >= 15 is 0 Å². The topological polar surface area (TPSA) is 26.3 Å². The molecule has 0 saturated carbocycles. The first kappa shape index (κ1) is 64.1. The summed E-state index contributed by atoms with van der Waals surface area (Å²) in [6, 6.07) is 135. The second kappa shape index (κ2) is 24.3. The smallest absolute Gasteiger partial charge is 0.136 e. The fraction of sp³-hybridized carbons (Fsp3) is 0.0545. The highest BCUT2D eigenvalue weighted by atomic mass is 16.3. The maximum Gasteiger partial charge on any atom is 0.136 e. The Morgan fingerprint density at radius 3 is 0.875 bits per heavy atom. The van der Waals surface area contributed by atoms with Gasteiger partial charge in [0.2, 0.25) is 0 Å². The molecular formula is C110H72O2. The molecule has 2 heteroatoms. The lowest BCUT2D eigenvalue weighted by Crippen LogP contribution is -2.15. The molecule has 0 N–H and O–H groups in total. The molecule has 0 amide bonds. The van der Waals surface area contributed by atoms with Crippen LogP contribution in [0, 0.1) is 0 Å². The van der Waals surface area contributed by atoms with Gasteiger partial charge in [-0.3, -0.25) is 0 Å². The Bertz CT molecular complexity index is 7820. The van der Waals surface area contributed by atoms with Gasteiger partial charge in [0.25, 0.3) is 0 Å². The average Bonchev–Trinajstić information content (AvgIpc) is 1.19. The van der Waals surface area contributed by atoms with Gasteiger partial charge < -0.3 is 8.83 Å². The van der Waals surface area contributed by atoms with Crippen LogP contribution in [-0.2, 0) is 10.8 Å². The van der Waals surface area contributed by atoms with E-state index in [1.54, 1.807) is 0 Å². The fourth-order valence-electron chi connectivity index (χ4n) is 19.8. The van der Waals surface area contributed by atoms with Gasteiger partial charge in [-0.25, -0.2) is 0 Å². The normalized spacial score (nSPS) is 13.3. The second-order valence-corrected chi connectivity index (χ2v) is 32.0. The highest BCUT2D eigenvalue weighted by Crippen LogP contribution is 2.55. The Morgan fingerprint density at radius 2 is 0.455 bits per heavy atom. The second-order valence-electron chi connectivity index (χ2n) is 32.0. The van der Waals surface area contributed by atoms with Crippen LogP contribution < -0.4 is 0 Å². The fourth-order valence-corrected chi connectivity index (χ4v) is 19.8. The van der Waals surface area contributed by atoms with Gasteiger partial charge in [-0.2, -0.15) is 0 Å². The van der Waals surface area contributed by atoms with Gasteiger partial charge in [0.1, 0.15) is 22.3 Å². The van der Waals surface area contributed by atoms with Crippen molar-refractivity contribution >= 4 is 130 Å². The SMILES string of the molecule is CC1(C)c2ccccc2-c2ccc(-c3c4ccccc4c(-c4ccc5c(c4)C(C)(C)c4ccccc4-5)c4cc(-c5ccc6c(c5)oc5ccc7ccccc7c56)ccc34)cc21.c1ccc2cc(-c3c4ccccc4c(-c4ccc5ccccc5c4)c4cc(-c5ccc6c(c5)oc5ccc7ccccc7c56)ccc34)ccc2c1. The molecule has 0 radical (unpaired) electrons. The summed E-state index contributed by atoms with van der Waals surface area (Å²) in [7, 11) is 0. The highest BCUT2D eigenvalue weighted by molar-refractivity contribution is 6.26. The summed E-state index contributed by atoms with van der Waals surface area (Å²) in [5, 5.41) is 24.5. The van der Waals surface area contributed by atoms with E-state index in [-0.39, 0.29) is 10.8 Å². The van der Waals surface area contributed by atoms with Gasteiger partial charge in [-0.05, 0) is 270 Å². The highest BCUT2D eigenvalue weighted by Gasteiger charge is 2.38. The Morgan fingerprint density at radius 1 is 0.170 bits per heavy atom. The summed E-state index contributed by atoms with van der Waals surface area (Å²) in [5.74, 6) is 0. The van der Waals surface area contributed by atoms with Gasteiger partial charge in [-0.15, -0.1) is 0 Å². The molecule has 2 nitrogen and oxygen atoms in total. The minimum absolute atomic E-state index is 0.100. The van der Waals surface area contributed by atoms with Gasteiger partial charge in [-0.1, -0.05) is 319 Å². The van der Waals surface area contributed by atoms with Gasteiger partial charge in [0.05, 0.1) is 0 Å². The van der Waals surface area contributed by atoms with Crippen LogP contribution >= 0.6 is 0 Å². The Labute approximate surface area is 648 Å². The molecule has 2 aromatic heterocycles. The standard InChI is InChI=1S/C60H42O.C50H30O/c1-59(2)50-19-11-9-15-41(50)43-26-23-38(32-52(43)59)56-45-17-7-8-18-46(45)57(39-24-27-44-42-16-10-12-20-51(42)60(3,4)53(44)33-39)49-31-36(21-28-47(49)56)37-22-29-48-55(34-37)61-54-30-25-35-13-5-6-14-40(35)58(48)54;1-3-12-34-27-38(19-17-31(34)9-1)48-41-15-7-8-16-42(41)49(39-20-18-32-10-2-4-13-35(32)28-39)45-29-36(21-24-43(45)48)37-22-25-44-47(30-37)51-46-26-23-33-11-5-6-14-40(33)50(44)46/h5-34H,1-4H3;1-30H. The third kappa shape index (κ3) is 9.65. The molecule has 524 valence electrons. The Kier molecular flexibility index (Phi) is 13.9. The molecule has 0 fully saturated rings. The van der Waals surface area contributed by atoms with Crippen LogP contribution in [-0.4, -0.2) is 0 Å². The number of rotatable bonds is 6. The molecule has 2 aliphatic carbocycles. The summed E-state index contributed by atoms with van der Waals surface area (Å²) in [5.41, 5.74) is 29.0. The zero-order chi connectivity index (χ0) is 74.2. The van der Waals surface area contributed by atoms with E-state index in [2.05, 4.69) is 392 Å². The van der Waals surface area contributed by atoms with Crippen molar-refractivity contribution in [3.8, 4) is 89.0 Å². The van der Waals surface area contributed by atoms with Crippen molar-refractivity contribution in [3.63, 3.8) is 0 Å². The first-order valence-corrected chi connectivity index (χ1v) is 39.2. The quantitative estimate of drug-likeness (QED) is 0.155. The number of fused-ring (bicyclic) bond motifs is 22. The van der Waals surface area contributed by atoms with E-state index in [0.29, 0.717) is 0 Å². The number of furan rings is 2. The molecule has 0 bridgehead atoms. The zero-order valence-electron chi connectivity index (χ0n) is 62.5. The molecule has 0 unspecified atom stereocenters. The van der Waals surface area contributed by atoms with Crippen LogP contribution in [0.1, 0.15) is 49.9 Å². The Balaban J connectivity index is 0.000000136. The van der Waals surface area contributed by atoms with E-state index in [1.165, 1.54) is 192 Å². The van der Waals surface area contributed by atoms with Gasteiger partial charge in [0.15, 0.2) is 0 Å². The molecule has 0 saturated heterocycles. The van der Waals surface area contributed by atoms with Crippen LogP contribution in [0.15, 0.2) is 373 Å². The van der Waals surface area contributed by atoms with Crippen LogP contribution in [0.2, 0.25) is 0 Å². The van der Waals surface area contributed by atoms with Crippen molar-refractivity contribution in [1.29, 1.82) is 0 Å². The third-order valence-corrected chi connectivity index (χ3v) is 25.3. The lowest BCUT2D eigenvalue weighted by molar-refractivity contribution is 0.660. The lowest BCUT2D eigenvalue weighted by atomic mass is 9.79. The minimum atomic E-state index is -0.110. The van der Waals surface area contributed by atoms with E-state index in [9.17, 15) is 0 Å². The molecule has 0 aliphatic heterocycles. The maximum atomic E-state index is 6.60. The summed E-state index contributed by atoms with van der Waals surface area (Å²) >= 11 is 0. The summed E-state index contributed by atoms with van der Waals surface area (Å²) in [6.07, 6.45) is 0. The molecule has 112 heavy (non-hydrogen) atoms. The van der Waals surface area contributed by atoms with E-state index in [1.807, 2.05) is 0 Å². The molecule has 2 heterocycles. The maximum absolute atomic E-state index is 6.60. The van der Waals surface area contributed by atoms with Crippen molar-refractivity contribution in [1.82, 2.24) is 0 Å². The van der Waals surface area contributed by atoms with Gasteiger partial charge >= 0.3 is 0 Å².